The molecular formula is C28H29N3O7. The molecule has 1 saturated heterocycles. The number of amides is 1. The number of phenolic OH excluding ortho intramolecular Hbond substituents is 1. The third kappa shape index (κ3) is 4.95. The molecule has 0 unspecified atom stereocenters. The molecule has 0 aliphatic carbocycles. The average Bonchev–Trinajstić information content (AvgIpc) is 3.40. The number of hydrogen-bond donors (Lipinski definition) is 3. The molecule has 5 rings (SSSR count). The molecule has 10 heteroatoms. The van der Waals surface area contributed by atoms with Gasteiger partial charge in [-0.2, -0.15) is 0 Å². The van der Waals surface area contributed by atoms with Crippen LogP contribution in [-0.4, -0.2) is 74.6 Å². The van der Waals surface area contributed by atoms with Crippen LogP contribution in [0, 0.1) is 0 Å². The predicted molar refractivity (Wildman–Crippen MR) is 139 cm³/mol. The number of aromatic carboxylic acids is 1. The summed E-state index contributed by atoms with van der Waals surface area (Å²) >= 11 is 0. The number of carboxylic acids is 1. The molecule has 3 heterocycles. The Morgan fingerprint density at radius 1 is 1.13 bits per heavy atom. The minimum Gasteiger partial charge on any atom is -0.507 e. The maximum Gasteiger partial charge on any atom is 0.410 e. The van der Waals surface area contributed by atoms with E-state index in [9.17, 15) is 24.6 Å². The highest BCUT2D eigenvalue weighted by Gasteiger charge is 2.33. The first kappa shape index (κ1) is 25.3. The summed E-state index contributed by atoms with van der Waals surface area (Å²) in [5.74, 6) is -0.855. The molecule has 1 aromatic heterocycles. The molecule has 2 aromatic carbocycles. The number of ketones is 1. The van der Waals surface area contributed by atoms with Crippen molar-refractivity contribution in [1.29, 1.82) is 0 Å². The number of aromatic amines is 1. The number of nitrogens with one attached hydrogen (secondary N) is 1. The topological polar surface area (TPSA) is 132 Å². The van der Waals surface area contributed by atoms with E-state index in [-0.39, 0.29) is 28.9 Å². The quantitative estimate of drug-likeness (QED) is 0.436. The van der Waals surface area contributed by atoms with Gasteiger partial charge in [0.05, 0.1) is 16.7 Å². The zero-order valence-corrected chi connectivity index (χ0v) is 21.4. The van der Waals surface area contributed by atoms with Crippen LogP contribution < -0.4 is 4.74 Å². The third-order valence-corrected chi connectivity index (χ3v) is 6.57. The van der Waals surface area contributed by atoms with Crippen LogP contribution in [-0.2, 0) is 11.3 Å². The molecule has 38 heavy (non-hydrogen) atoms. The number of piperazine rings is 1. The van der Waals surface area contributed by atoms with Crippen LogP contribution in [0.3, 0.4) is 0 Å². The second-order valence-corrected chi connectivity index (χ2v) is 10.4. The lowest BCUT2D eigenvalue weighted by Gasteiger charge is -2.35. The molecule has 1 fully saturated rings. The van der Waals surface area contributed by atoms with Gasteiger partial charge in [0.15, 0.2) is 5.76 Å². The van der Waals surface area contributed by atoms with Crippen molar-refractivity contribution < 1.29 is 34.1 Å². The average molecular weight is 520 g/mol. The SMILES string of the molecule is CC(C)(C)OC(=O)N1CCN(Cc2c(O)ccc3c2O/C(=C\c2c[nH]c4cc(C(=O)O)ccc24)C3=O)CC1. The number of ether oxygens (including phenoxy) is 2. The molecule has 0 bridgehead atoms. The van der Waals surface area contributed by atoms with Gasteiger partial charge in [0.25, 0.3) is 0 Å². The number of nitrogens with zero attached hydrogens (tertiary/aromatic N) is 2. The summed E-state index contributed by atoms with van der Waals surface area (Å²) < 4.78 is 11.5. The monoisotopic (exact) mass is 519 g/mol. The van der Waals surface area contributed by atoms with Crippen LogP contribution in [0.2, 0.25) is 0 Å². The number of carboxylic acid groups (broad SMARTS) is 1. The van der Waals surface area contributed by atoms with E-state index in [1.165, 1.54) is 18.2 Å². The first-order valence-corrected chi connectivity index (χ1v) is 12.3. The van der Waals surface area contributed by atoms with E-state index in [4.69, 9.17) is 9.47 Å². The van der Waals surface area contributed by atoms with Crippen LogP contribution >= 0.6 is 0 Å². The lowest BCUT2D eigenvalue weighted by molar-refractivity contribution is 0.0137. The number of aromatic nitrogens is 1. The summed E-state index contributed by atoms with van der Waals surface area (Å²) in [5.41, 5.74) is 1.78. The Morgan fingerprint density at radius 3 is 2.55 bits per heavy atom. The van der Waals surface area contributed by atoms with Gasteiger partial charge in [-0.15, -0.1) is 0 Å². The van der Waals surface area contributed by atoms with Gasteiger partial charge in [0.2, 0.25) is 5.78 Å². The van der Waals surface area contributed by atoms with E-state index in [0.29, 0.717) is 60.7 Å². The van der Waals surface area contributed by atoms with Crippen molar-refractivity contribution in [3.8, 4) is 11.5 Å². The molecule has 0 radical (unpaired) electrons. The molecule has 2 aliphatic heterocycles. The second kappa shape index (κ2) is 9.53. The Kier molecular flexibility index (Phi) is 6.36. The van der Waals surface area contributed by atoms with Gasteiger partial charge in [-0.25, -0.2) is 9.59 Å². The summed E-state index contributed by atoms with van der Waals surface area (Å²) in [6.07, 6.45) is 2.95. The van der Waals surface area contributed by atoms with Crippen molar-refractivity contribution in [2.24, 2.45) is 0 Å². The summed E-state index contributed by atoms with van der Waals surface area (Å²) in [7, 11) is 0. The van der Waals surface area contributed by atoms with E-state index in [1.807, 2.05) is 20.8 Å². The van der Waals surface area contributed by atoms with Gasteiger partial charge in [0.1, 0.15) is 17.1 Å². The molecule has 198 valence electrons. The van der Waals surface area contributed by atoms with Crippen molar-refractivity contribution in [3.05, 3.63) is 64.5 Å². The number of Topliss-reactive ketones (excluding diaryl/α,β-unsaturated/α-hetero) is 1. The zero-order valence-electron chi connectivity index (χ0n) is 21.4. The van der Waals surface area contributed by atoms with Crippen LogP contribution in [0.25, 0.3) is 17.0 Å². The maximum absolute atomic E-state index is 13.2. The molecule has 0 spiro atoms. The molecular weight excluding hydrogens is 490 g/mol. The van der Waals surface area contributed by atoms with Gasteiger partial charge in [0, 0.05) is 55.4 Å². The van der Waals surface area contributed by atoms with E-state index >= 15 is 0 Å². The van der Waals surface area contributed by atoms with Crippen molar-refractivity contribution in [3.63, 3.8) is 0 Å². The lowest BCUT2D eigenvalue weighted by Crippen LogP contribution is -2.49. The van der Waals surface area contributed by atoms with Gasteiger partial charge in [-0.3, -0.25) is 9.69 Å². The van der Waals surface area contributed by atoms with E-state index < -0.39 is 11.6 Å². The Bertz CT molecular complexity index is 1470. The molecule has 10 nitrogen and oxygen atoms in total. The molecule has 3 N–H and O–H groups in total. The predicted octanol–water partition coefficient (Wildman–Crippen LogP) is 4.24. The first-order chi connectivity index (χ1) is 18.0. The number of H-pyrrole nitrogens is 1. The molecule has 0 saturated carbocycles. The first-order valence-electron chi connectivity index (χ1n) is 12.3. The van der Waals surface area contributed by atoms with E-state index in [2.05, 4.69) is 9.88 Å². The number of carbonyl (C=O) groups excluding carboxylic acids is 2. The number of allylic oxidation sites excluding steroid dienone is 1. The minimum atomic E-state index is -1.02. The number of hydrogen-bond acceptors (Lipinski definition) is 7. The van der Waals surface area contributed by atoms with Crippen molar-refractivity contribution in [1.82, 2.24) is 14.8 Å². The van der Waals surface area contributed by atoms with Crippen molar-refractivity contribution in [2.75, 3.05) is 26.2 Å². The van der Waals surface area contributed by atoms with Gasteiger partial charge in [-0.05, 0) is 51.1 Å². The van der Waals surface area contributed by atoms with Crippen LogP contribution in [0.4, 0.5) is 4.79 Å². The van der Waals surface area contributed by atoms with Gasteiger partial charge >= 0.3 is 12.1 Å². The van der Waals surface area contributed by atoms with E-state index in [0.717, 1.165) is 5.39 Å². The standard InChI is InChI=1S/C28H29N3O7/c1-28(2,3)38-27(36)31-10-8-30(9-11-31)15-20-22(32)7-6-19-24(33)23(37-25(19)20)13-17-14-29-21-12-16(26(34)35)4-5-18(17)21/h4-7,12-14,29,32H,8-11,15H2,1-3H3,(H,34,35)/b23-13-. The van der Waals surface area contributed by atoms with Crippen LogP contribution in [0.15, 0.2) is 42.3 Å². The highest BCUT2D eigenvalue weighted by atomic mass is 16.6. The Labute approximate surface area is 219 Å². The largest absolute Gasteiger partial charge is 0.507 e. The van der Waals surface area contributed by atoms with Crippen LogP contribution in [0.1, 0.15) is 52.6 Å². The second-order valence-electron chi connectivity index (χ2n) is 10.4. The number of rotatable bonds is 4. The van der Waals surface area contributed by atoms with Gasteiger partial charge in [-0.1, -0.05) is 6.07 Å². The number of aromatic hydroxyl groups is 1. The van der Waals surface area contributed by atoms with Crippen molar-refractivity contribution >= 4 is 34.8 Å². The third-order valence-electron chi connectivity index (χ3n) is 6.57. The minimum absolute atomic E-state index is 0.0284. The highest BCUT2D eigenvalue weighted by Crippen LogP contribution is 2.40. The summed E-state index contributed by atoms with van der Waals surface area (Å²) in [4.78, 5) is 43.6. The highest BCUT2D eigenvalue weighted by molar-refractivity contribution is 6.15. The smallest absolute Gasteiger partial charge is 0.410 e. The van der Waals surface area contributed by atoms with E-state index in [1.54, 1.807) is 29.3 Å². The zero-order chi connectivity index (χ0) is 27.2. The number of benzene rings is 2. The number of fused-ring (bicyclic) bond motifs is 2. The summed E-state index contributed by atoms with van der Waals surface area (Å²) in [6, 6.07) is 7.76. The Hall–Kier alpha value is -4.31. The van der Waals surface area contributed by atoms with Crippen LogP contribution in [0.5, 0.6) is 11.5 Å². The fraction of sp³-hybridized carbons (Fsp3) is 0.321. The number of carbonyl (C=O) groups is 3. The summed E-state index contributed by atoms with van der Waals surface area (Å²) in [5, 5.41) is 20.6. The molecule has 1 amide bonds. The van der Waals surface area contributed by atoms with Gasteiger partial charge < -0.3 is 29.6 Å². The molecule has 2 aliphatic rings. The fourth-order valence-electron chi connectivity index (χ4n) is 4.63. The normalized spacial score (nSPS) is 17.1. The summed E-state index contributed by atoms with van der Waals surface area (Å²) in [6.45, 7) is 7.97. The maximum atomic E-state index is 13.2. The Balaban J connectivity index is 1.33. The lowest BCUT2D eigenvalue weighted by atomic mass is 10.0. The molecule has 0 atom stereocenters. The number of phenols is 1. The van der Waals surface area contributed by atoms with Crippen molar-refractivity contribution in [2.45, 2.75) is 32.9 Å². The Morgan fingerprint density at radius 2 is 1.87 bits per heavy atom. The molecule has 3 aromatic rings. The fourth-order valence-corrected chi connectivity index (χ4v) is 4.63.